The van der Waals surface area contributed by atoms with Crippen molar-refractivity contribution >= 4 is 11.7 Å². The average molecular weight is 260 g/mol. The molecule has 0 unspecified atom stereocenters. The van der Waals surface area contributed by atoms with Crippen LogP contribution in [0.1, 0.15) is 23.2 Å². The zero-order valence-electron chi connectivity index (χ0n) is 10.3. The van der Waals surface area contributed by atoms with Crippen LogP contribution in [0, 0.1) is 23.1 Å². The molecular formula is C14H13FN2O2. The van der Waals surface area contributed by atoms with Crippen molar-refractivity contribution in [1.82, 2.24) is 4.90 Å². The lowest BCUT2D eigenvalue weighted by Crippen LogP contribution is -2.37. The van der Waals surface area contributed by atoms with E-state index in [1.54, 1.807) is 6.07 Å². The van der Waals surface area contributed by atoms with Gasteiger partial charge in [0.2, 0.25) is 5.91 Å². The number of benzene rings is 1. The molecule has 1 aromatic rings. The van der Waals surface area contributed by atoms with Crippen LogP contribution in [0.15, 0.2) is 24.3 Å². The lowest BCUT2D eigenvalue weighted by Gasteiger charge is -2.17. The molecule has 0 radical (unpaired) electrons. The van der Waals surface area contributed by atoms with Crippen molar-refractivity contribution in [2.75, 3.05) is 13.1 Å². The first-order valence-corrected chi connectivity index (χ1v) is 6.11. The number of amides is 1. The monoisotopic (exact) mass is 260 g/mol. The number of halogens is 1. The Bertz CT molecular complexity index is 527. The van der Waals surface area contributed by atoms with Crippen LogP contribution in [0.5, 0.6) is 0 Å². The van der Waals surface area contributed by atoms with E-state index in [0.29, 0.717) is 13.1 Å². The van der Waals surface area contributed by atoms with Crippen LogP contribution in [-0.4, -0.2) is 29.7 Å². The van der Waals surface area contributed by atoms with Gasteiger partial charge in [-0.05, 0) is 37.1 Å². The van der Waals surface area contributed by atoms with E-state index < -0.39 is 23.4 Å². The summed E-state index contributed by atoms with van der Waals surface area (Å²) in [7, 11) is 0. The quantitative estimate of drug-likeness (QED) is 0.614. The Morgan fingerprint density at radius 2 is 1.79 bits per heavy atom. The molecule has 2 rings (SSSR count). The van der Waals surface area contributed by atoms with Gasteiger partial charge in [0.05, 0.1) is 6.07 Å². The van der Waals surface area contributed by atoms with Gasteiger partial charge in [-0.1, -0.05) is 0 Å². The molecule has 1 atom stereocenters. The first kappa shape index (κ1) is 13.2. The van der Waals surface area contributed by atoms with Crippen molar-refractivity contribution in [1.29, 1.82) is 5.26 Å². The highest BCUT2D eigenvalue weighted by atomic mass is 19.1. The van der Waals surface area contributed by atoms with E-state index in [4.69, 9.17) is 5.26 Å². The van der Waals surface area contributed by atoms with Crippen molar-refractivity contribution in [2.24, 2.45) is 5.92 Å². The number of ketones is 1. The zero-order chi connectivity index (χ0) is 13.8. The third kappa shape index (κ3) is 2.79. The Labute approximate surface area is 110 Å². The van der Waals surface area contributed by atoms with Crippen molar-refractivity contribution < 1.29 is 14.0 Å². The first-order valence-electron chi connectivity index (χ1n) is 6.11. The second-order valence-corrected chi connectivity index (χ2v) is 4.47. The number of carbonyl (C=O) groups is 2. The van der Waals surface area contributed by atoms with Crippen LogP contribution >= 0.6 is 0 Å². The highest BCUT2D eigenvalue weighted by Crippen LogP contribution is 2.16. The second-order valence-electron chi connectivity index (χ2n) is 4.47. The molecule has 1 aromatic carbocycles. The third-order valence-corrected chi connectivity index (χ3v) is 3.18. The number of nitriles is 1. The van der Waals surface area contributed by atoms with E-state index >= 15 is 0 Å². The van der Waals surface area contributed by atoms with Gasteiger partial charge in [-0.2, -0.15) is 5.26 Å². The fourth-order valence-electron chi connectivity index (χ4n) is 2.13. The molecular weight excluding hydrogens is 247 g/mol. The number of rotatable bonds is 3. The predicted octanol–water partition coefficient (Wildman–Crippen LogP) is 1.77. The molecule has 0 aromatic heterocycles. The van der Waals surface area contributed by atoms with Gasteiger partial charge < -0.3 is 4.90 Å². The minimum absolute atomic E-state index is 0.181. The maximum absolute atomic E-state index is 12.8. The summed E-state index contributed by atoms with van der Waals surface area (Å²) in [6.07, 6.45) is 1.79. The summed E-state index contributed by atoms with van der Waals surface area (Å²) in [6, 6.07) is 6.62. The molecule has 0 N–H and O–H groups in total. The van der Waals surface area contributed by atoms with E-state index in [-0.39, 0.29) is 5.56 Å². The van der Waals surface area contributed by atoms with Gasteiger partial charge in [0.25, 0.3) is 0 Å². The average Bonchev–Trinajstić information content (AvgIpc) is 2.94. The van der Waals surface area contributed by atoms with Crippen molar-refractivity contribution in [2.45, 2.75) is 12.8 Å². The topological polar surface area (TPSA) is 61.2 Å². The van der Waals surface area contributed by atoms with E-state index in [0.717, 1.165) is 25.0 Å². The van der Waals surface area contributed by atoms with Crippen molar-refractivity contribution in [3.8, 4) is 6.07 Å². The van der Waals surface area contributed by atoms with Crippen molar-refractivity contribution in [3.63, 3.8) is 0 Å². The number of likely N-dealkylation sites (tertiary alicyclic amines) is 1. The normalized spacial score (nSPS) is 15.9. The van der Waals surface area contributed by atoms with Gasteiger partial charge in [-0.15, -0.1) is 0 Å². The Balaban J connectivity index is 2.17. The molecule has 0 aliphatic carbocycles. The van der Waals surface area contributed by atoms with Crippen molar-refractivity contribution in [3.05, 3.63) is 35.6 Å². The SMILES string of the molecule is N#C[C@H](C(=O)c1ccc(F)cc1)C(=O)N1CCCC1. The second kappa shape index (κ2) is 5.61. The van der Waals surface area contributed by atoms with Crippen LogP contribution in [0.2, 0.25) is 0 Å². The maximum atomic E-state index is 12.8. The summed E-state index contributed by atoms with van der Waals surface area (Å²) < 4.78 is 12.8. The van der Waals surface area contributed by atoms with Crippen LogP contribution in [-0.2, 0) is 4.79 Å². The predicted molar refractivity (Wildman–Crippen MR) is 65.6 cm³/mol. The molecule has 1 amide bonds. The molecule has 1 saturated heterocycles. The number of hydrogen-bond donors (Lipinski definition) is 0. The largest absolute Gasteiger partial charge is 0.341 e. The highest BCUT2D eigenvalue weighted by Gasteiger charge is 2.32. The van der Waals surface area contributed by atoms with Crippen LogP contribution in [0.4, 0.5) is 4.39 Å². The summed E-state index contributed by atoms with van der Waals surface area (Å²) in [5.74, 6) is -2.81. The summed E-state index contributed by atoms with van der Waals surface area (Å²) in [6.45, 7) is 1.18. The van der Waals surface area contributed by atoms with E-state index in [2.05, 4.69) is 0 Å². The lowest BCUT2D eigenvalue weighted by atomic mass is 9.97. The van der Waals surface area contributed by atoms with Crippen LogP contribution < -0.4 is 0 Å². The fraction of sp³-hybridized carbons (Fsp3) is 0.357. The Hall–Kier alpha value is -2.22. The lowest BCUT2D eigenvalue weighted by molar-refractivity contribution is -0.131. The minimum atomic E-state index is -1.33. The number of nitrogens with zero attached hydrogens (tertiary/aromatic N) is 2. The molecule has 1 fully saturated rings. The minimum Gasteiger partial charge on any atom is -0.341 e. The summed E-state index contributed by atoms with van der Waals surface area (Å²) in [5, 5.41) is 9.05. The Kier molecular flexibility index (Phi) is 3.91. The Morgan fingerprint density at radius 1 is 1.21 bits per heavy atom. The number of hydrogen-bond acceptors (Lipinski definition) is 3. The van der Waals surface area contributed by atoms with Gasteiger partial charge in [-0.25, -0.2) is 4.39 Å². The fourth-order valence-corrected chi connectivity index (χ4v) is 2.13. The summed E-state index contributed by atoms with van der Waals surface area (Å²) in [4.78, 5) is 25.7. The molecule has 0 bridgehead atoms. The molecule has 1 aliphatic heterocycles. The summed E-state index contributed by atoms with van der Waals surface area (Å²) >= 11 is 0. The molecule has 1 aliphatic rings. The molecule has 19 heavy (non-hydrogen) atoms. The molecule has 98 valence electrons. The molecule has 4 nitrogen and oxygen atoms in total. The first-order chi connectivity index (χ1) is 9.13. The van der Waals surface area contributed by atoms with Gasteiger partial charge in [0, 0.05) is 18.7 Å². The highest BCUT2D eigenvalue weighted by molar-refractivity contribution is 6.12. The molecule has 0 spiro atoms. The zero-order valence-corrected chi connectivity index (χ0v) is 10.3. The van der Waals surface area contributed by atoms with Gasteiger partial charge >= 0.3 is 0 Å². The van der Waals surface area contributed by atoms with Gasteiger partial charge in [0.15, 0.2) is 11.7 Å². The van der Waals surface area contributed by atoms with E-state index in [1.807, 2.05) is 0 Å². The van der Waals surface area contributed by atoms with Gasteiger partial charge in [-0.3, -0.25) is 9.59 Å². The van der Waals surface area contributed by atoms with Crippen LogP contribution in [0.3, 0.4) is 0 Å². The number of carbonyl (C=O) groups excluding carboxylic acids is 2. The molecule has 1 heterocycles. The van der Waals surface area contributed by atoms with Crippen LogP contribution in [0.25, 0.3) is 0 Å². The van der Waals surface area contributed by atoms with Gasteiger partial charge in [0.1, 0.15) is 5.82 Å². The molecule has 0 saturated carbocycles. The Morgan fingerprint density at radius 3 is 2.32 bits per heavy atom. The third-order valence-electron chi connectivity index (χ3n) is 3.18. The standard InChI is InChI=1S/C14H13FN2O2/c15-11-5-3-10(4-6-11)13(18)12(9-16)14(19)17-7-1-2-8-17/h3-6,12H,1-2,7-8H2/t12-/m1/s1. The smallest absolute Gasteiger partial charge is 0.247 e. The molecule has 5 heteroatoms. The van der Waals surface area contributed by atoms with E-state index in [9.17, 15) is 14.0 Å². The van der Waals surface area contributed by atoms with E-state index in [1.165, 1.54) is 17.0 Å². The maximum Gasteiger partial charge on any atom is 0.247 e. The summed E-state index contributed by atoms with van der Waals surface area (Å²) in [5.41, 5.74) is 0.181. The number of Topliss-reactive ketones (excluding diaryl/α,β-unsaturated/α-hetero) is 1.